The smallest absolute Gasteiger partial charge is 0.223 e. The van der Waals surface area contributed by atoms with Crippen LogP contribution in [0.4, 0.5) is 0 Å². The number of piperidine rings is 1. The molecule has 0 radical (unpaired) electrons. The van der Waals surface area contributed by atoms with Crippen molar-refractivity contribution in [2.24, 2.45) is 11.3 Å². The lowest BCUT2D eigenvalue weighted by Crippen LogP contribution is -2.38. The predicted molar refractivity (Wildman–Crippen MR) is 72.4 cm³/mol. The third-order valence-electron chi connectivity index (χ3n) is 4.44. The summed E-state index contributed by atoms with van der Waals surface area (Å²) in [7, 11) is 0. The van der Waals surface area contributed by atoms with Gasteiger partial charge in [-0.15, -0.1) is 12.4 Å². The molecular weight excluding hydrogens is 236 g/mol. The fourth-order valence-electron chi connectivity index (χ4n) is 2.99. The van der Waals surface area contributed by atoms with Crippen LogP contribution in [0, 0.1) is 11.3 Å². The molecule has 1 unspecified atom stereocenters. The van der Waals surface area contributed by atoms with Gasteiger partial charge in [0, 0.05) is 12.0 Å². The highest BCUT2D eigenvalue weighted by molar-refractivity contribution is 5.85. The van der Waals surface area contributed by atoms with Gasteiger partial charge in [0.05, 0.1) is 0 Å². The van der Waals surface area contributed by atoms with E-state index < -0.39 is 0 Å². The summed E-state index contributed by atoms with van der Waals surface area (Å²) in [6.45, 7) is 6.47. The summed E-state index contributed by atoms with van der Waals surface area (Å²) in [5.74, 6) is 0.630. The Hall–Kier alpha value is -0.280. The maximum atomic E-state index is 12.1. The summed E-state index contributed by atoms with van der Waals surface area (Å²) in [6, 6.07) is 0.381. The number of hydrogen-bond acceptors (Lipinski definition) is 2. The van der Waals surface area contributed by atoms with Crippen LogP contribution in [0.3, 0.4) is 0 Å². The molecule has 4 heteroatoms. The Labute approximate surface area is 111 Å². The second-order valence-electron chi connectivity index (χ2n) is 5.39. The van der Waals surface area contributed by atoms with Gasteiger partial charge in [0.1, 0.15) is 0 Å². The van der Waals surface area contributed by atoms with Crippen molar-refractivity contribution in [3.05, 3.63) is 0 Å². The Bertz CT molecular complexity index is 260. The molecule has 1 spiro atoms. The summed E-state index contributed by atoms with van der Waals surface area (Å²) >= 11 is 0. The van der Waals surface area contributed by atoms with E-state index in [1.807, 2.05) is 0 Å². The zero-order valence-corrected chi connectivity index (χ0v) is 11.7. The largest absolute Gasteiger partial charge is 0.353 e. The molecular formula is C13H25ClN2O. The fraction of sp³-hybridized carbons (Fsp3) is 0.923. The van der Waals surface area contributed by atoms with Gasteiger partial charge in [-0.2, -0.15) is 0 Å². The van der Waals surface area contributed by atoms with Crippen molar-refractivity contribution < 1.29 is 4.79 Å². The molecule has 1 saturated heterocycles. The minimum atomic E-state index is 0. The number of rotatable bonds is 4. The Morgan fingerprint density at radius 1 is 1.35 bits per heavy atom. The molecule has 1 aliphatic carbocycles. The Morgan fingerprint density at radius 3 is 2.47 bits per heavy atom. The molecule has 0 bridgehead atoms. The highest BCUT2D eigenvalue weighted by atomic mass is 35.5. The Balaban J connectivity index is 0.00000144. The first-order valence-corrected chi connectivity index (χ1v) is 6.73. The summed E-state index contributed by atoms with van der Waals surface area (Å²) < 4.78 is 0. The zero-order valence-electron chi connectivity index (χ0n) is 10.9. The van der Waals surface area contributed by atoms with Crippen LogP contribution < -0.4 is 10.6 Å². The minimum absolute atomic E-state index is 0. The first-order valence-electron chi connectivity index (χ1n) is 6.73. The van der Waals surface area contributed by atoms with Gasteiger partial charge in [0.25, 0.3) is 0 Å². The number of nitrogens with one attached hydrogen (secondary N) is 2. The topological polar surface area (TPSA) is 41.1 Å². The van der Waals surface area contributed by atoms with Gasteiger partial charge in [0.15, 0.2) is 0 Å². The van der Waals surface area contributed by atoms with E-state index in [1.165, 1.54) is 12.8 Å². The first-order chi connectivity index (χ1) is 7.72. The summed E-state index contributed by atoms with van der Waals surface area (Å²) in [5.41, 5.74) is 0.376. The van der Waals surface area contributed by atoms with E-state index in [-0.39, 0.29) is 12.4 Å². The van der Waals surface area contributed by atoms with Crippen LogP contribution in [0.15, 0.2) is 0 Å². The molecule has 3 nitrogen and oxygen atoms in total. The average molecular weight is 261 g/mol. The summed E-state index contributed by atoms with van der Waals surface area (Å²) in [5, 5.41) is 6.56. The molecule has 0 aromatic heterocycles. The van der Waals surface area contributed by atoms with Crippen LogP contribution in [0.5, 0.6) is 0 Å². The van der Waals surface area contributed by atoms with Gasteiger partial charge in [-0.1, -0.05) is 13.8 Å². The van der Waals surface area contributed by atoms with Crippen LogP contribution in [0.1, 0.15) is 46.0 Å². The molecule has 1 aliphatic heterocycles. The van der Waals surface area contributed by atoms with Crippen LogP contribution >= 0.6 is 12.4 Å². The van der Waals surface area contributed by atoms with Gasteiger partial charge in [0.2, 0.25) is 5.91 Å². The number of carbonyl (C=O) groups excluding carboxylic acids is 1. The molecule has 1 heterocycles. The Kier molecular flexibility index (Phi) is 5.26. The van der Waals surface area contributed by atoms with Crippen molar-refractivity contribution in [3.8, 4) is 0 Å². The summed E-state index contributed by atoms with van der Waals surface area (Å²) in [4.78, 5) is 12.1. The standard InChI is InChI=1S/C13H24N2O.ClH/c1-3-10(4-2)15-12(16)11-9-13(11)5-7-14-8-6-13;/h10-11,14H,3-9H2,1-2H3,(H,15,16);1H. The molecule has 0 aromatic rings. The third kappa shape index (κ3) is 3.14. The van der Waals surface area contributed by atoms with E-state index in [9.17, 15) is 4.79 Å². The van der Waals surface area contributed by atoms with Gasteiger partial charge >= 0.3 is 0 Å². The lowest BCUT2D eigenvalue weighted by atomic mass is 9.91. The van der Waals surface area contributed by atoms with Crippen molar-refractivity contribution >= 4 is 18.3 Å². The van der Waals surface area contributed by atoms with E-state index in [0.29, 0.717) is 23.3 Å². The van der Waals surface area contributed by atoms with Crippen LogP contribution in [-0.2, 0) is 4.79 Å². The van der Waals surface area contributed by atoms with Crippen molar-refractivity contribution in [1.82, 2.24) is 10.6 Å². The maximum Gasteiger partial charge on any atom is 0.223 e. The fourth-order valence-corrected chi connectivity index (χ4v) is 2.99. The quantitative estimate of drug-likeness (QED) is 0.813. The second kappa shape index (κ2) is 6.05. The van der Waals surface area contributed by atoms with E-state index in [2.05, 4.69) is 24.5 Å². The highest BCUT2D eigenvalue weighted by Gasteiger charge is 2.57. The van der Waals surface area contributed by atoms with Gasteiger partial charge in [-0.05, 0) is 50.6 Å². The third-order valence-corrected chi connectivity index (χ3v) is 4.44. The van der Waals surface area contributed by atoms with Crippen molar-refractivity contribution in [2.75, 3.05) is 13.1 Å². The summed E-state index contributed by atoms with van der Waals surface area (Å²) in [6.07, 6.45) is 5.59. The SMILES string of the molecule is CCC(CC)NC(=O)C1CC12CCNCC2.Cl. The molecule has 100 valence electrons. The van der Waals surface area contributed by atoms with Gasteiger partial charge < -0.3 is 10.6 Å². The molecule has 1 atom stereocenters. The predicted octanol–water partition coefficient (Wildman–Crippen LogP) is 2.10. The Morgan fingerprint density at radius 2 is 1.94 bits per heavy atom. The minimum Gasteiger partial charge on any atom is -0.353 e. The number of carbonyl (C=O) groups is 1. The van der Waals surface area contributed by atoms with E-state index >= 15 is 0 Å². The second-order valence-corrected chi connectivity index (χ2v) is 5.39. The van der Waals surface area contributed by atoms with E-state index in [4.69, 9.17) is 0 Å². The normalized spacial score (nSPS) is 25.5. The van der Waals surface area contributed by atoms with Crippen molar-refractivity contribution in [3.63, 3.8) is 0 Å². The van der Waals surface area contributed by atoms with Crippen LogP contribution in [0.2, 0.25) is 0 Å². The number of hydrogen-bond donors (Lipinski definition) is 2. The number of halogens is 1. The lowest BCUT2D eigenvalue weighted by molar-refractivity contribution is -0.124. The molecule has 1 saturated carbocycles. The molecule has 1 amide bonds. The molecule has 2 rings (SSSR count). The maximum absolute atomic E-state index is 12.1. The van der Waals surface area contributed by atoms with Crippen molar-refractivity contribution in [1.29, 1.82) is 0 Å². The highest BCUT2D eigenvalue weighted by Crippen LogP contribution is 2.58. The molecule has 2 fully saturated rings. The lowest BCUT2D eigenvalue weighted by Gasteiger charge is -2.24. The van der Waals surface area contributed by atoms with Gasteiger partial charge in [-0.25, -0.2) is 0 Å². The first kappa shape index (κ1) is 14.8. The van der Waals surface area contributed by atoms with Crippen molar-refractivity contribution in [2.45, 2.75) is 52.0 Å². The monoisotopic (exact) mass is 260 g/mol. The van der Waals surface area contributed by atoms with Crippen LogP contribution in [-0.4, -0.2) is 25.0 Å². The number of amides is 1. The zero-order chi connectivity index (χ0) is 11.6. The molecule has 17 heavy (non-hydrogen) atoms. The molecule has 2 aliphatic rings. The van der Waals surface area contributed by atoms with Crippen LogP contribution in [0.25, 0.3) is 0 Å². The molecule has 0 aromatic carbocycles. The van der Waals surface area contributed by atoms with E-state index in [0.717, 1.165) is 32.4 Å². The van der Waals surface area contributed by atoms with E-state index in [1.54, 1.807) is 0 Å². The van der Waals surface area contributed by atoms with Gasteiger partial charge in [-0.3, -0.25) is 4.79 Å². The molecule has 2 N–H and O–H groups in total. The average Bonchev–Trinajstić information content (AvgIpc) is 3.00.